The molecule has 2 atom stereocenters. The van der Waals surface area contributed by atoms with Gasteiger partial charge in [-0.05, 0) is 19.0 Å². The third-order valence-electron chi connectivity index (χ3n) is 2.56. The Morgan fingerprint density at radius 1 is 1.38 bits per heavy atom. The van der Waals surface area contributed by atoms with E-state index in [1.807, 2.05) is 30.3 Å². The molecule has 0 bridgehead atoms. The van der Waals surface area contributed by atoms with Gasteiger partial charge in [-0.2, -0.15) is 0 Å². The van der Waals surface area contributed by atoms with Gasteiger partial charge in [0.15, 0.2) is 0 Å². The number of carboxylic acids is 1. The average molecular weight is 223 g/mol. The topological polar surface area (TPSA) is 69.6 Å². The molecule has 0 spiro atoms. The molecule has 0 heterocycles. The fourth-order valence-electron chi connectivity index (χ4n) is 1.62. The molecule has 4 heteroatoms. The molecular weight excluding hydrogens is 206 g/mol. The Morgan fingerprint density at radius 2 is 2.00 bits per heavy atom. The van der Waals surface area contributed by atoms with Crippen molar-refractivity contribution in [2.75, 3.05) is 7.05 Å². The van der Waals surface area contributed by atoms with E-state index in [-0.39, 0.29) is 12.5 Å². The number of nitrogens with one attached hydrogen (secondary N) is 1. The molecule has 0 radical (unpaired) electrons. The van der Waals surface area contributed by atoms with Gasteiger partial charge in [-0.25, -0.2) is 0 Å². The molecule has 0 amide bonds. The minimum absolute atomic E-state index is 0.0510. The van der Waals surface area contributed by atoms with Crippen LogP contribution < -0.4 is 5.32 Å². The van der Waals surface area contributed by atoms with Crippen molar-refractivity contribution in [3.63, 3.8) is 0 Å². The molecule has 0 aromatic heterocycles. The van der Waals surface area contributed by atoms with E-state index < -0.39 is 12.1 Å². The van der Waals surface area contributed by atoms with Gasteiger partial charge in [-0.3, -0.25) is 4.79 Å². The number of rotatable bonds is 6. The van der Waals surface area contributed by atoms with Crippen molar-refractivity contribution in [2.24, 2.45) is 0 Å². The van der Waals surface area contributed by atoms with Crippen LogP contribution in [0.2, 0.25) is 0 Å². The summed E-state index contributed by atoms with van der Waals surface area (Å²) in [4.78, 5) is 10.5. The Labute approximate surface area is 94.9 Å². The summed E-state index contributed by atoms with van der Waals surface area (Å²) in [5.41, 5.74) is 0.798. The zero-order valence-corrected chi connectivity index (χ0v) is 9.26. The summed E-state index contributed by atoms with van der Waals surface area (Å²) in [6, 6.07) is 9.00. The van der Waals surface area contributed by atoms with Crippen molar-refractivity contribution >= 4 is 5.97 Å². The quantitative estimate of drug-likeness (QED) is 0.677. The molecule has 0 aliphatic heterocycles. The summed E-state index contributed by atoms with van der Waals surface area (Å²) in [6.45, 7) is 0. The van der Waals surface area contributed by atoms with Crippen LogP contribution in [-0.2, 0) is 4.79 Å². The second-order valence-corrected chi connectivity index (χ2v) is 3.68. The third-order valence-corrected chi connectivity index (χ3v) is 2.56. The molecule has 0 aliphatic rings. The minimum atomic E-state index is -0.847. The summed E-state index contributed by atoms with van der Waals surface area (Å²) in [5, 5.41) is 21.6. The zero-order valence-electron chi connectivity index (χ0n) is 9.26. The van der Waals surface area contributed by atoms with Crippen LogP contribution in [-0.4, -0.2) is 29.3 Å². The second kappa shape index (κ2) is 6.25. The second-order valence-electron chi connectivity index (χ2n) is 3.68. The van der Waals surface area contributed by atoms with Crippen LogP contribution in [0, 0.1) is 0 Å². The van der Waals surface area contributed by atoms with Crippen molar-refractivity contribution in [3.05, 3.63) is 35.9 Å². The fourth-order valence-corrected chi connectivity index (χ4v) is 1.62. The Balaban J connectivity index is 2.62. The molecule has 1 rings (SSSR count). The molecule has 88 valence electrons. The molecule has 4 nitrogen and oxygen atoms in total. The van der Waals surface area contributed by atoms with E-state index >= 15 is 0 Å². The van der Waals surface area contributed by atoms with E-state index in [9.17, 15) is 9.90 Å². The van der Waals surface area contributed by atoms with Gasteiger partial charge in [0.2, 0.25) is 0 Å². The SMILES string of the molecule is CNC(CCC(=O)O)C(O)c1ccccc1. The fraction of sp³-hybridized carbons (Fsp3) is 0.417. The minimum Gasteiger partial charge on any atom is -0.481 e. The predicted octanol–water partition coefficient (Wildman–Crippen LogP) is 1.17. The number of carboxylic acid groups (broad SMARTS) is 1. The monoisotopic (exact) mass is 223 g/mol. The lowest BCUT2D eigenvalue weighted by Crippen LogP contribution is -2.32. The first-order chi connectivity index (χ1) is 7.65. The number of carbonyl (C=O) groups is 1. The van der Waals surface area contributed by atoms with Gasteiger partial charge >= 0.3 is 5.97 Å². The van der Waals surface area contributed by atoms with Crippen LogP contribution in [0.25, 0.3) is 0 Å². The molecule has 1 aromatic rings. The van der Waals surface area contributed by atoms with E-state index in [0.29, 0.717) is 6.42 Å². The van der Waals surface area contributed by atoms with Crippen molar-refractivity contribution in [1.82, 2.24) is 5.32 Å². The highest BCUT2D eigenvalue weighted by Crippen LogP contribution is 2.19. The molecule has 0 saturated carbocycles. The normalized spacial score (nSPS) is 14.4. The molecule has 0 saturated heterocycles. The number of benzene rings is 1. The maximum Gasteiger partial charge on any atom is 0.303 e. The number of aliphatic hydroxyl groups excluding tert-OH is 1. The number of hydrogen-bond acceptors (Lipinski definition) is 3. The Morgan fingerprint density at radius 3 is 2.50 bits per heavy atom. The van der Waals surface area contributed by atoms with Gasteiger partial charge in [0.1, 0.15) is 0 Å². The summed E-state index contributed by atoms with van der Waals surface area (Å²) in [5.74, 6) is -0.847. The van der Waals surface area contributed by atoms with Gasteiger partial charge in [0, 0.05) is 12.5 Å². The lowest BCUT2D eigenvalue weighted by molar-refractivity contribution is -0.137. The van der Waals surface area contributed by atoms with Gasteiger partial charge in [0.05, 0.1) is 6.10 Å². The molecule has 16 heavy (non-hydrogen) atoms. The summed E-state index contributed by atoms with van der Waals surface area (Å²) in [7, 11) is 1.72. The van der Waals surface area contributed by atoms with Gasteiger partial charge in [-0.15, -0.1) is 0 Å². The molecule has 2 unspecified atom stereocenters. The maximum atomic E-state index is 10.5. The van der Waals surface area contributed by atoms with E-state index in [4.69, 9.17) is 5.11 Å². The third kappa shape index (κ3) is 3.64. The summed E-state index contributed by atoms with van der Waals surface area (Å²) >= 11 is 0. The van der Waals surface area contributed by atoms with E-state index in [1.165, 1.54) is 0 Å². The lowest BCUT2D eigenvalue weighted by Gasteiger charge is -2.22. The van der Waals surface area contributed by atoms with E-state index in [2.05, 4.69) is 5.32 Å². The highest BCUT2D eigenvalue weighted by Gasteiger charge is 2.19. The van der Waals surface area contributed by atoms with Crippen molar-refractivity contribution in [2.45, 2.75) is 25.0 Å². The first kappa shape index (κ1) is 12.7. The van der Waals surface area contributed by atoms with E-state index in [0.717, 1.165) is 5.56 Å². The Kier molecular flexibility index (Phi) is 4.95. The van der Waals surface area contributed by atoms with E-state index in [1.54, 1.807) is 7.05 Å². The molecule has 1 aromatic carbocycles. The van der Waals surface area contributed by atoms with Crippen LogP contribution in [0.4, 0.5) is 0 Å². The van der Waals surface area contributed by atoms with Crippen molar-refractivity contribution in [1.29, 1.82) is 0 Å². The number of likely N-dealkylation sites (N-methyl/N-ethyl adjacent to an activating group) is 1. The van der Waals surface area contributed by atoms with Gasteiger partial charge < -0.3 is 15.5 Å². The molecular formula is C12H17NO3. The molecule has 0 fully saturated rings. The highest BCUT2D eigenvalue weighted by molar-refractivity contribution is 5.66. The van der Waals surface area contributed by atoms with Crippen molar-refractivity contribution < 1.29 is 15.0 Å². The molecule has 3 N–H and O–H groups in total. The largest absolute Gasteiger partial charge is 0.481 e. The predicted molar refractivity (Wildman–Crippen MR) is 61.1 cm³/mol. The first-order valence-electron chi connectivity index (χ1n) is 5.27. The zero-order chi connectivity index (χ0) is 12.0. The Hall–Kier alpha value is -1.39. The summed E-state index contributed by atoms with van der Waals surface area (Å²) in [6.07, 6.45) is -0.220. The van der Waals surface area contributed by atoms with Gasteiger partial charge in [0.25, 0.3) is 0 Å². The first-order valence-corrected chi connectivity index (χ1v) is 5.27. The Bertz CT molecular complexity index is 326. The van der Waals surface area contributed by atoms with Crippen LogP contribution in [0.1, 0.15) is 24.5 Å². The van der Waals surface area contributed by atoms with Crippen LogP contribution in [0.5, 0.6) is 0 Å². The molecule has 0 aliphatic carbocycles. The van der Waals surface area contributed by atoms with Crippen molar-refractivity contribution in [3.8, 4) is 0 Å². The standard InChI is InChI=1S/C12H17NO3/c1-13-10(7-8-11(14)15)12(16)9-5-3-2-4-6-9/h2-6,10,12-13,16H,7-8H2,1H3,(H,14,15). The van der Waals surface area contributed by atoms with Gasteiger partial charge in [-0.1, -0.05) is 30.3 Å². The van der Waals surface area contributed by atoms with Crippen LogP contribution in [0.3, 0.4) is 0 Å². The summed E-state index contributed by atoms with van der Waals surface area (Å²) < 4.78 is 0. The number of aliphatic hydroxyl groups is 1. The number of aliphatic carboxylic acids is 1. The van der Waals surface area contributed by atoms with Crippen LogP contribution >= 0.6 is 0 Å². The van der Waals surface area contributed by atoms with Crippen LogP contribution in [0.15, 0.2) is 30.3 Å². The maximum absolute atomic E-state index is 10.5. The highest BCUT2D eigenvalue weighted by atomic mass is 16.4. The lowest BCUT2D eigenvalue weighted by atomic mass is 9.99. The average Bonchev–Trinajstić information content (AvgIpc) is 2.30. The smallest absolute Gasteiger partial charge is 0.303 e. The number of hydrogen-bond donors (Lipinski definition) is 3.